The van der Waals surface area contributed by atoms with E-state index in [0.29, 0.717) is 0 Å². The molecule has 0 aliphatic heterocycles. The van der Waals surface area contributed by atoms with E-state index in [4.69, 9.17) is 23.2 Å². The van der Waals surface area contributed by atoms with Crippen LogP contribution in [0.15, 0.2) is 0 Å². The fraction of sp³-hybridized carbons (Fsp3) is 0.833. The average Bonchev–Trinajstić information content (AvgIpc) is 1.84. The van der Waals surface area contributed by atoms with Crippen molar-refractivity contribution in [2.45, 2.75) is 24.6 Å². The second kappa shape index (κ2) is 1.86. The molecular weight excluding hydrogens is 159 g/mol. The van der Waals surface area contributed by atoms with E-state index in [1.807, 2.05) is 13.8 Å². The second-order valence-electron chi connectivity index (χ2n) is 2.95. The molecule has 52 valence electrons. The van der Waals surface area contributed by atoms with Crippen LogP contribution >= 0.6 is 23.2 Å². The van der Waals surface area contributed by atoms with Crippen molar-refractivity contribution < 1.29 is 4.79 Å². The first-order valence-corrected chi connectivity index (χ1v) is 3.67. The number of halogens is 2. The van der Waals surface area contributed by atoms with E-state index in [9.17, 15) is 4.79 Å². The normalized spacial score (nSPS) is 40.2. The Morgan fingerprint density at radius 2 is 1.67 bits per heavy atom. The highest BCUT2D eigenvalue weighted by Gasteiger charge is 2.54. The van der Waals surface area contributed by atoms with Gasteiger partial charge in [0.2, 0.25) is 0 Å². The van der Waals surface area contributed by atoms with Crippen LogP contribution in [0.1, 0.15) is 13.8 Å². The van der Waals surface area contributed by atoms with E-state index in [-0.39, 0.29) is 22.0 Å². The van der Waals surface area contributed by atoms with Crippen molar-refractivity contribution in [3.63, 3.8) is 0 Å². The minimum absolute atomic E-state index is 0.0386. The van der Waals surface area contributed by atoms with Gasteiger partial charge in [0, 0.05) is 5.41 Å². The Labute approximate surface area is 64.3 Å². The van der Waals surface area contributed by atoms with E-state index < -0.39 is 0 Å². The summed E-state index contributed by atoms with van der Waals surface area (Å²) in [5.41, 5.74) is -0.208. The van der Waals surface area contributed by atoms with Gasteiger partial charge in [-0.15, -0.1) is 23.2 Å². The number of ketones is 1. The Balaban J connectivity index is 2.73. The molecule has 1 aliphatic carbocycles. The summed E-state index contributed by atoms with van der Waals surface area (Å²) < 4.78 is 0. The molecule has 0 amide bonds. The molecule has 2 atom stereocenters. The molecule has 1 rings (SSSR count). The summed E-state index contributed by atoms with van der Waals surface area (Å²) in [7, 11) is 0. The number of carbonyl (C=O) groups excluding carboxylic acids is 1. The highest BCUT2D eigenvalue weighted by molar-refractivity contribution is 6.45. The third-order valence-corrected chi connectivity index (χ3v) is 3.36. The van der Waals surface area contributed by atoms with Gasteiger partial charge in [0.25, 0.3) is 0 Å². The van der Waals surface area contributed by atoms with E-state index in [1.165, 1.54) is 0 Å². The molecule has 0 heterocycles. The van der Waals surface area contributed by atoms with Crippen LogP contribution in [0.5, 0.6) is 0 Å². The van der Waals surface area contributed by atoms with Crippen LogP contribution in [0.25, 0.3) is 0 Å². The molecule has 0 saturated heterocycles. The summed E-state index contributed by atoms with van der Waals surface area (Å²) in [5, 5.41) is -0.750. The van der Waals surface area contributed by atoms with Gasteiger partial charge in [-0.25, -0.2) is 0 Å². The predicted octanol–water partition coefficient (Wildman–Crippen LogP) is 1.81. The maximum atomic E-state index is 10.7. The van der Waals surface area contributed by atoms with Gasteiger partial charge in [0.1, 0.15) is 10.8 Å². The van der Waals surface area contributed by atoms with Crippen molar-refractivity contribution in [2.24, 2.45) is 5.41 Å². The fourth-order valence-corrected chi connectivity index (χ4v) is 1.53. The zero-order valence-corrected chi connectivity index (χ0v) is 6.83. The van der Waals surface area contributed by atoms with Gasteiger partial charge in [0.15, 0.2) is 5.78 Å². The minimum Gasteiger partial charge on any atom is -0.296 e. The Morgan fingerprint density at radius 3 is 1.78 bits per heavy atom. The van der Waals surface area contributed by atoms with E-state index in [2.05, 4.69) is 0 Å². The molecule has 0 N–H and O–H groups in total. The van der Waals surface area contributed by atoms with Crippen molar-refractivity contribution in [2.75, 3.05) is 0 Å². The van der Waals surface area contributed by atoms with Crippen molar-refractivity contribution in [1.29, 1.82) is 0 Å². The average molecular weight is 167 g/mol. The van der Waals surface area contributed by atoms with Gasteiger partial charge >= 0.3 is 0 Å². The predicted molar refractivity (Wildman–Crippen MR) is 38.1 cm³/mol. The van der Waals surface area contributed by atoms with Gasteiger partial charge < -0.3 is 0 Å². The van der Waals surface area contributed by atoms with Gasteiger partial charge in [-0.1, -0.05) is 13.8 Å². The zero-order chi connectivity index (χ0) is 7.23. The fourth-order valence-electron chi connectivity index (χ4n) is 0.894. The Bertz CT molecular complexity index is 139. The largest absolute Gasteiger partial charge is 0.296 e. The summed E-state index contributed by atoms with van der Waals surface area (Å²) in [6, 6.07) is 0. The maximum absolute atomic E-state index is 10.7. The molecule has 0 aromatic carbocycles. The molecule has 1 nitrogen and oxygen atoms in total. The summed E-state index contributed by atoms with van der Waals surface area (Å²) in [6.45, 7) is 3.79. The quantitative estimate of drug-likeness (QED) is 0.503. The Hall–Kier alpha value is 0.250. The van der Waals surface area contributed by atoms with Crippen LogP contribution in [-0.4, -0.2) is 16.5 Å². The van der Waals surface area contributed by atoms with Crippen molar-refractivity contribution in [1.82, 2.24) is 0 Å². The summed E-state index contributed by atoms with van der Waals surface area (Å²) >= 11 is 11.3. The molecule has 1 saturated carbocycles. The summed E-state index contributed by atoms with van der Waals surface area (Å²) in [4.78, 5) is 10.7. The zero-order valence-electron chi connectivity index (χ0n) is 5.32. The third-order valence-electron chi connectivity index (χ3n) is 1.81. The first-order chi connectivity index (χ1) is 3.98. The van der Waals surface area contributed by atoms with E-state index >= 15 is 0 Å². The molecule has 0 bridgehead atoms. The molecule has 0 aromatic heterocycles. The van der Waals surface area contributed by atoms with Crippen LogP contribution in [0.2, 0.25) is 0 Å². The molecule has 0 spiro atoms. The molecule has 0 aromatic rings. The molecular formula is C6H8Cl2O. The number of carbonyl (C=O) groups is 1. The van der Waals surface area contributed by atoms with Crippen LogP contribution in [-0.2, 0) is 4.79 Å². The molecule has 1 aliphatic rings. The lowest BCUT2D eigenvalue weighted by molar-refractivity contribution is -0.129. The first-order valence-electron chi connectivity index (χ1n) is 2.80. The number of Topliss-reactive ketones (excluding diaryl/α,β-unsaturated/α-hetero) is 1. The van der Waals surface area contributed by atoms with Gasteiger partial charge in [-0.3, -0.25) is 4.79 Å². The summed E-state index contributed by atoms with van der Waals surface area (Å²) in [6.07, 6.45) is 0. The molecule has 3 heteroatoms. The third kappa shape index (κ3) is 0.786. The standard InChI is InChI=1S/C6H8Cl2O/c1-6(2)4(7)3(9)5(6)8/h4-5H,1-2H3/t4-,5+. The minimum atomic E-state index is -0.375. The first kappa shape index (κ1) is 7.36. The number of rotatable bonds is 0. The maximum Gasteiger partial charge on any atom is 0.169 e. The van der Waals surface area contributed by atoms with Crippen molar-refractivity contribution in [3.8, 4) is 0 Å². The monoisotopic (exact) mass is 166 g/mol. The van der Waals surface area contributed by atoms with Crippen molar-refractivity contribution >= 4 is 29.0 Å². The van der Waals surface area contributed by atoms with Crippen LogP contribution in [0, 0.1) is 5.41 Å². The van der Waals surface area contributed by atoms with Crippen LogP contribution in [0.3, 0.4) is 0 Å². The Kier molecular flexibility index (Phi) is 1.52. The van der Waals surface area contributed by atoms with Crippen LogP contribution in [0.4, 0.5) is 0 Å². The lowest BCUT2D eigenvalue weighted by atomic mass is 9.70. The molecule has 0 unspecified atom stereocenters. The van der Waals surface area contributed by atoms with E-state index in [0.717, 1.165) is 0 Å². The van der Waals surface area contributed by atoms with Gasteiger partial charge in [-0.05, 0) is 0 Å². The smallest absolute Gasteiger partial charge is 0.169 e. The van der Waals surface area contributed by atoms with Gasteiger partial charge in [0.05, 0.1) is 0 Å². The second-order valence-corrected chi connectivity index (χ2v) is 3.82. The lowest BCUT2D eigenvalue weighted by Crippen LogP contribution is -2.57. The number of alkyl halides is 2. The topological polar surface area (TPSA) is 17.1 Å². The van der Waals surface area contributed by atoms with E-state index in [1.54, 1.807) is 0 Å². The van der Waals surface area contributed by atoms with Gasteiger partial charge in [-0.2, -0.15) is 0 Å². The Morgan fingerprint density at radius 1 is 1.33 bits per heavy atom. The highest BCUT2D eigenvalue weighted by Crippen LogP contribution is 2.44. The molecule has 1 fully saturated rings. The number of hydrogen-bond donors (Lipinski definition) is 0. The SMILES string of the molecule is CC1(C)[C@H](Cl)C(=O)[C@@H]1Cl. The lowest BCUT2D eigenvalue weighted by Gasteiger charge is -2.43. The van der Waals surface area contributed by atoms with Crippen LogP contribution < -0.4 is 0 Å². The summed E-state index contributed by atoms with van der Waals surface area (Å²) in [5.74, 6) is -0.0386. The van der Waals surface area contributed by atoms with Crippen molar-refractivity contribution in [3.05, 3.63) is 0 Å². The molecule has 9 heavy (non-hydrogen) atoms. The highest BCUT2D eigenvalue weighted by atomic mass is 35.5. The number of hydrogen-bond acceptors (Lipinski definition) is 1. The molecule has 0 radical (unpaired) electrons.